The molecule has 1 heterocycles. The van der Waals surface area contributed by atoms with Gasteiger partial charge in [0.05, 0.1) is 0 Å². The number of hydrogen-bond donors (Lipinski definition) is 1. The molecule has 20 heavy (non-hydrogen) atoms. The molecule has 1 aliphatic heterocycles. The van der Waals surface area contributed by atoms with Gasteiger partial charge in [0.1, 0.15) is 17.7 Å². The van der Waals surface area contributed by atoms with Crippen molar-refractivity contribution in [1.29, 1.82) is 0 Å². The molecule has 0 saturated heterocycles. The van der Waals surface area contributed by atoms with Gasteiger partial charge in [0.15, 0.2) is 0 Å². The van der Waals surface area contributed by atoms with Gasteiger partial charge in [-0.25, -0.2) is 4.39 Å². The SMILES string of the molecule is CCNCC(CC(C)C)CC1Cc2cc(F)ccc2O1. The van der Waals surface area contributed by atoms with Crippen LogP contribution in [0.4, 0.5) is 4.39 Å². The van der Waals surface area contributed by atoms with Crippen LogP contribution >= 0.6 is 0 Å². The average Bonchev–Trinajstić information content (AvgIpc) is 2.76. The molecule has 1 aromatic rings. The van der Waals surface area contributed by atoms with Crippen LogP contribution in [0.3, 0.4) is 0 Å². The molecule has 2 unspecified atom stereocenters. The Morgan fingerprint density at radius 2 is 2.20 bits per heavy atom. The maximum atomic E-state index is 13.2. The van der Waals surface area contributed by atoms with E-state index in [1.165, 1.54) is 12.5 Å². The van der Waals surface area contributed by atoms with Crippen molar-refractivity contribution < 1.29 is 9.13 Å². The first-order valence-corrected chi connectivity index (χ1v) is 7.74. The fourth-order valence-corrected chi connectivity index (χ4v) is 3.07. The van der Waals surface area contributed by atoms with Crippen LogP contribution in [0.1, 0.15) is 39.2 Å². The lowest BCUT2D eigenvalue weighted by molar-refractivity contribution is 0.182. The number of ether oxygens (including phenoxy) is 1. The zero-order chi connectivity index (χ0) is 14.5. The van der Waals surface area contributed by atoms with Crippen molar-refractivity contribution in [2.75, 3.05) is 13.1 Å². The lowest BCUT2D eigenvalue weighted by Crippen LogP contribution is -2.28. The Morgan fingerprint density at radius 3 is 2.90 bits per heavy atom. The van der Waals surface area contributed by atoms with E-state index < -0.39 is 0 Å². The monoisotopic (exact) mass is 279 g/mol. The zero-order valence-corrected chi connectivity index (χ0v) is 12.8. The Kier molecular flexibility index (Phi) is 5.41. The molecule has 0 fully saturated rings. The summed E-state index contributed by atoms with van der Waals surface area (Å²) in [5, 5.41) is 3.44. The molecule has 0 amide bonds. The third-order valence-electron chi connectivity index (χ3n) is 3.85. The largest absolute Gasteiger partial charge is 0.490 e. The number of nitrogens with one attached hydrogen (secondary N) is 1. The molecule has 0 saturated carbocycles. The summed E-state index contributed by atoms with van der Waals surface area (Å²) in [5.41, 5.74) is 1.02. The van der Waals surface area contributed by atoms with Crippen molar-refractivity contribution in [1.82, 2.24) is 5.32 Å². The third-order valence-corrected chi connectivity index (χ3v) is 3.85. The minimum absolute atomic E-state index is 0.167. The van der Waals surface area contributed by atoms with E-state index in [9.17, 15) is 4.39 Å². The van der Waals surface area contributed by atoms with Gasteiger partial charge in [-0.3, -0.25) is 0 Å². The minimum atomic E-state index is -0.167. The smallest absolute Gasteiger partial charge is 0.123 e. The molecule has 0 aliphatic carbocycles. The van der Waals surface area contributed by atoms with E-state index in [1.54, 1.807) is 12.1 Å². The number of benzene rings is 1. The van der Waals surface area contributed by atoms with E-state index in [4.69, 9.17) is 4.74 Å². The molecule has 0 radical (unpaired) electrons. The summed E-state index contributed by atoms with van der Waals surface area (Å²) in [4.78, 5) is 0. The number of hydrogen-bond acceptors (Lipinski definition) is 2. The molecule has 2 atom stereocenters. The molecular weight excluding hydrogens is 253 g/mol. The summed E-state index contributed by atoms with van der Waals surface area (Å²) in [7, 11) is 0. The van der Waals surface area contributed by atoms with Crippen LogP contribution in [0.2, 0.25) is 0 Å². The van der Waals surface area contributed by atoms with E-state index in [0.717, 1.165) is 37.2 Å². The van der Waals surface area contributed by atoms with Gasteiger partial charge in [-0.1, -0.05) is 20.8 Å². The summed E-state index contributed by atoms with van der Waals surface area (Å²) in [5.74, 6) is 2.02. The molecule has 2 nitrogen and oxygen atoms in total. The molecule has 112 valence electrons. The van der Waals surface area contributed by atoms with Crippen molar-refractivity contribution in [2.45, 2.75) is 46.1 Å². The Balaban J connectivity index is 1.92. The van der Waals surface area contributed by atoms with Crippen LogP contribution in [-0.4, -0.2) is 19.2 Å². The lowest BCUT2D eigenvalue weighted by Gasteiger charge is -2.22. The van der Waals surface area contributed by atoms with Crippen LogP contribution in [-0.2, 0) is 6.42 Å². The molecule has 1 N–H and O–H groups in total. The second kappa shape index (κ2) is 7.07. The zero-order valence-electron chi connectivity index (χ0n) is 12.8. The molecule has 1 aromatic carbocycles. The van der Waals surface area contributed by atoms with E-state index in [0.29, 0.717) is 11.8 Å². The van der Waals surface area contributed by atoms with Gasteiger partial charge in [-0.15, -0.1) is 0 Å². The fraction of sp³-hybridized carbons (Fsp3) is 0.647. The Bertz CT molecular complexity index is 433. The molecular formula is C17H26FNO. The summed E-state index contributed by atoms with van der Waals surface area (Å²) < 4.78 is 19.2. The first-order chi connectivity index (χ1) is 9.58. The third kappa shape index (κ3) is 4.20. The fourth-order valence-electron chi connectivity index (χ4n) is 3.07. The normalized spacial score (nSPS) is 18.9. The molecule has 0 bridgehead atoms. The van der Waals surface area contributed by atoms with Crippen molar-refractivity contribution in [2.24, 2.45) is 11.8 Å². The minimum Gasteiger partial charge on any atom is -0.490 e. The Hall–Kier alpha value is -1.09. The first kappa shape index (κ1) is 15.3. The van der Waals surface area contributed by atoms with E-state index in [2.05, 4.69) is 26.1 Å². The van der Waals surface area contributed by atoms with Crippen molar-refractivity contribution in [3.63, 3.8) is 0 Å². The van der Waals surface area contributed by atoms with Crippen LogP contribution in [0, 0.1) is 17.7 Å². The van der Waals surface area contributed by atoms with E-state index >= 15 is 0 Å². The van der Waals surface area contributed by atoms with Gasteiger partial charge in [0, 0.05) is 12.0 Å². The van der Waals surface area contributed by atoms with Crippen molar-refractivity contribution in [3.8, 4) is 5.75 Å². The molecule has 0 spiro atoms. The number of fused-ring (bicyclic) bond motifs is 1. The summed E-state index contributed by atoms with van der Waals surface area (Å²) in [6, 6.07) is 4.84. The van der Waals surface area contributed by atoms with Crippen LogP contribution in [0.15, 0.2) is 18.2 Å². The topological polar surface area (TPSA) is 21.3 Å². The summed E-state index contributed by atoms with van der Waals surface area (Å²) in [6.45, 7) is 8.71. The van der Waals surface area contributed by atoms with E-state index in [-0.39, 0.29) is 11.9 Å². The van der Waals surface area contributed by atoms with Gasteiger partial charge >= 0.3 is 0 Å². The number of rotatable bonds is 7. The van der Waals surface area contributed by atoms with Gasteiger partial charge < -0.3 is 10.1 Å². The van der Waals surface area contributed by atoms with Crippen molar-refractivity contribution in [3.05, 3.63) is 29.6 Å². The summed E-state index contributed by atoms with van der Waals surface area (Å²) in [6.07, 6.45) is 3.29. The Labute approximate surface area is 121 Å². The van der Waals surface area contributed by atoms with Gasteiger partial charge in [0.25, 0.3) is 0 Å². The van der Waals surface area contributed by atoms with Crippen LogP contribution < -0.4 is 10.1 Å². The summed E-state index contributed by atoms with van der Waals surface area (Å²) >= 11 is 0. The highest BCUT2D eigenvalue weighted by Crippen LogP contribution is 2.32. The quantitative estimate of drug-likeness (QED) is 0.820. The highest BCUT2D eigenvalue weighted by atomic mass is 19.1. The first-order valence-electron chi connectivity index (χ1n) is 7.74. The maximum absolute atomic E-state index is 13.2. The predicted octanol–water partition coefficient (Wildman–Crippen LogP) is 3.79. The van der Waals surface area contributed by atoms with Crippen LogP contribution in [0.25, 0.3) is 0 Å². The van der Waals surface area contributed by atoms with Crippen molar-refractivity contribution >= 4 is 0 Å². The molecule has 0 aromatic heterocycles. The number of halogens is 1. The van der Waals surface area contributed by atoms with Crippen LogP contribution in [0.5, 0.6) is 5.75 Å². The highest BCUT2D eigenvalue weighted by molar-refractivity contribution is 5.37. The molecule has 3 heteroatoms. The second-order valence-electron chi connectivity index (χ2n) is 6.23. The van der Waals surface area contributed by atoms with E-state index in [1.807, 2.05) is 0 Å². The lowest BCUT2D eigenvalue weighted by atomic mass is 9.90. The maximum Gasteiger partial charge on any atom is 0.123 e. The van der Waals surface area contributed by atoms with Gasteiger partial charge in [-0.05, 0) is 56.0 Å². The average molecular weight is 279 g/mol. The highest BCUT2D eigenvalue weighted by Gasteiger charge is 2.26. The second-order valence-corrected chi connectivity index (χ2v) is 6.23. The Morgan fingerprint density at radius 1 is 1.40 bits per heavy atom. The predicted molar refractivity (Wildman–Crippen MR) is 80.6 cm³/mol. The molecule has 2 rings (SSSR count). The standard InChI is InChI=1S/C17H26FNO/c1-4-19-11-13(7-12(2)3)8-16-10-14-9-15(18)5-6-17(14)20-16/h5-6,9,12-13,16,19H,4,7-8,10-11H2,1-3H3. The van der Waals surface area contributed by atoms with Gasteiger partial charge in [-0.2, -0.15) is 0 Å². The molecule has 1 aliphatic rings. The van der Waals surface area contributed by atoms with Gasteiger partial charge in [0.2, 0.25) is 0 Å².